The Bertz CT molecular complexity index is 1380. The summed E-state index contributed by atoms with van der Waals surface area (Å²) in [7, 11) is 3.34. The molecule has 0 N–H and O–H groups in total. The zero-order valence-corrected chi connectivity index (χ0v) is 24.0. The molecule has 4 aromatic carbocycles. The fraction of sp³-hybridized carbons (Fsp3) is 0.265. The summed E-state index contributed by atoms with van der Waals surface area (Å²) in [5.41, 5.74) is 14.0. The number of aliphatic imine (C=N–C) groups is 1. The van der Waals surface area contributed by atoms with Gasteiger partial charge in [-0.05, 0) is 59.2 Å². The lowest BCUT2D eigenvalue weighted by atomic mass is 9.33. The molecule has 0 fully saturated rings. The van der Waals surface area contributed by atoms with Crippen LogP contribution in [0.3, 0.4) is 0 Å². The average molecular weight is 503 g/mol. The van der Waals surface area contributed by atoms with Crippen LogP contribution < -0.4 is 25.9 Å². The molecule has 0 atom stereocenters. The number of nitrogens with zero attached hydrogens (tertiary/aromatic N) is 1. The highest BCUT2D eigenvalue weighted by Crippen LogP contribution is 2.25. The minimum Gasteiger partial charge on any atom is -0.497 e. The fourth-order valence-corrected chi connectivity index (χ4v) is 5.86. The molecular weight excluding hydrogens is 465 g/mol. The van der Waals surface area contributed by atoms with Crippen LogP contribution in [0.5, 0.6) is 11.5 Å². The fourth-order valence-electron chi connectivity index (χ4n) is 5.86. The Morgan fingerprint density at radius 2 is 1.24 bits per heavy atom. The van der Waals surface area contributed by atoms with Gasteiger partial charge in [0, 0.05) is 17.8 Å². The maximum atomic E-state index is 5.59. The molecule has 3 nitrogen and oxygen atoms in total. The van der Waals surface area contributed by atoms with Gasteiger partial charge in [-0.15, -0.1) is 0 Å². The van der Waals surface area contributed by atoms with Crippen LogP contribution in [-0.4, -0.2) is 27.1 Å². The van der Waals surface area contributed by atoms with Gasteiger partial charge in [0.1, 0.15) is 11.5 Å². The Balaban J connectivity index is 1.84. The standard InChI is InChI=1S/C34H38BNO2/c1-22-15-24(3)33(25(4)16-22)35(34-26(5)17-23(2)18-27(34)6)31-12-10-9-11-28(31)20-36-21-29-13-14-30(37-7)19-32(29)38-8/h9-20H,21H2,1-8H3. The molecule has 0 aliphatic heterocycles. The van der Waals surface area contributed by atoms with Crippen LogP contribution in [-0.2, 0) is 6.54 Å². The average Bonchev–Trinajstić information content (AvgIpc) is 2.87. The molecule has 0 radical (unpaired) electrons. The van der Waals surface area contributed by atoms with Gasteiger partial charge in [-0.25, -0.2) is 0 Å². The molecule has 0 saturated carbocycles. The molecule has 0 aromatic heterocycles. The largest absolute Gasteiger partial charge is 0.497 e. The quantitative estimate of drug-likeness (QED) is 0.229. The van der Waals surface area contributed by atoms with Crippen molar-refractivity contribution in [3.05, 3.63) is 111 Å². The number of methoxy groups -OCH3 is 2. The minimum atomic E-state index is 0.106. The first-order chi connectivity index (χ1) is 18.2. The molecule has 0 bridgehead atoms. The maximum Gasteiger partial charge on any atom is 0.243 e. The van der Waals surface area contributed by atoms with E-state index in [1.807, 2.05) is 24.4 Å². The third kappa shape index (κ3) is 5.70. The van der Waals surface area contributed by atoms with Gasteiger partial charge in [-0.3, -0.25) is 4.99 Å². The van der Waals surface area contributed by atoms with E-state index in [1.165, 1.54) is 49.8 Å². The lowest BCUT2D eigenvalue weighted by Crippen LogP contribution is -2.56. The summed E-state index contributed by atoms with van der Waals surface area (Å²) in [5, 5.41) is 0. The zero-order chi connectivity index (χ0) is 27.4. The lowest BCUT2D eigenvalue weighted by Gasteiger charge is -2.25. The normalized spacial score (nSPS) is 11.2. The van der Waals surface area contributed by atoms with Crippen LogP contribution in [0, 0.1) is 41.5 Å². The number of rotatable bonds is 8. The number of benzene rings is 4. The van der Waals surface area contributed by atoms with Gasteiger partial charge < -0.3 is 9.47 Å². The molecule has 0 heterocycles. The van der Waals surface area contributed by atoms with Crippen LogP contribution in [0.15, 0.2) is 71.7 Å². The van der Waals surface area contributed by atoms with E-state index in [2.05, 4.69) is 90.1 Å². The van der Waals surface area contributed by atoms with E-state index in [-0.39, 0.29) is 6.71 Å². The minimum absolute atomic E-state index is 0.106. The summed E-state index contributed by atoms with van der Waals surface area (Å²) in [5.74, 6) is 1.56. The molecule has 4 heteroatoms. The topological polar surface area (TPSA) is 30.8 Å². The highest BCUT2D eigenvalue weighted by molar-refractivity contribution is 6.97. The summed E-state index contributed by atoms with van der Waals surface area (Å²) in [6, 6.07) is 23.8. The molecule has 0 spiro atoms. The molecule has 4 aromatic rings. The van der Waals surface area contributed by atoms with Crippen molar-refractivity contribution in [2.45, 2.75) is 48.1 Å². The molecule has 0 saturated heterocycles. The second-order valence-electron chi connectivity index (χ2n) is 10.3. The highest BCUT2D eigenvalue weighted by Gasteiger charge is 2.29. The van der Waals surface area contributed by atoms with Gasteiger partial charge in [0.25, 0.3) is 0 Å². The smallest absolute Gasteiger partial charge is 0.243 e. The van der Waals surface area contributed by atoms with Crippen molar-refractivity contribution < 1.29 is 9.47 Å². The first kappa shape index (κ1) is 27.3. The first-order valence-corrected chi connectivity index (χ1v) is 13.2. The summed E-state index contributed by atoms with van der Waals surface area (Å²) in [4.78, 5) is 4.88. The van der Waals surface area contributed by atoms with Crippen molar-refractivity contribution in [1.29, 1.82) is 0 Å². The van der Waals surface area contributed by atoms with E-state index < -0.39 is 0 Å². The van der Waals surface area contributed by atoms with E-state index in [0.717, 1.165) is 22.6 Å². The summed E-state index contributed by atoms with van der Waals surface area (Å²) >= 11 is 0. The highest BCUT2D eigenvalue weighted by atomic mass is 16.5. The Kier molecular flexibility index (Phi) is 8.41. The second-order valence-corrected chi connectivity index (χ2v) is 10.3. The second kappa shape index (κ2) is 11.7. The SMILES string of the molecule is COc1ccc(CN=Cc2ccccc2B(c2c(C)cc(C)cc2C)c2c(C)cc(C)cc2C)c(OC)c1. The predicted octanol–water partition coefficient (Wildman–Crippen LogP) is 5.69. The molecule has 0 aliphatic rings. The van der Waals surface area contributed by atoms with Crippen LogP contribution in [0.4, 0.5) is 0 Å². The molecule has 38 heavy (non-hydrogen) atoms. The molecular formula is C34H38BNO2. The summed E-state index contributed by atoms with van der Waals surface area (Å²) in [6.07, 6.45) is 2.02. The van der Waals surface area contributed by atoms with Crippen molar-refractivity contribution in [3.8, 4) is 11.5 Å². The lowest BCUT2D eigenvalue weighted by molar-refractivity contribution is 0.391. The van der Waals surface area contributed by atoms with Gasteiger partial charge in [0.15, 0.2) is 0 Å². The van der Waals surface area contributed by atoms with Crippen LogP contribution in [0.2, 0.25) is 0 Å². The van der Waals surface area contributed by atoms with Crippen LogP contribution in [0.25, 0.3) is 0 Å². The third-order valence-corrected chi connectivity index (χ3v) is 7.35. The third-order valence-electron chi connectivity index (χ3n) is 7.35. The first-order valence-electron chi connectivity index (χ1n) is 13.2. The molecule has 0 amide bonds. The van der Waals surface area contributed by atoms with Crippen molar-refractivity contribution >= 4 is 29.3 Å². The molecule has 194 valence electrons. The van der Waals surface area contributed by atoms with E-state index in [9.17, 15) is 0 Å². The van der Waals surface area contributed by atoms with Crippen molar-refractivity contribution in [2.24, 2.45) is 4.99 Å². The monoisotopic (exact) mass is 503 g/mol. The number of hydrogen-bond donors (Lipinski definition) is 0. The summed E-state index contributed by atoms with van der Waals surface area (Å²) < 4.78 is 10.9. The number of hydrogen-bond acceptors (Lipinski definition) is 3. The van der Waals surface area contributed by atoms with Crippen LogP contribution >= 0.6 is 0 Å². The van der Waals surface area contributed by atoms with E-state index >= 15 is 0 Å². The summed E-state index contributed by atoms with van der Waals surface area (Å²) in [6.45, 7) is 14.0. The van der Waals surface area contributed by atoms with E-state index in [1.54, 1.807) is 14.2 Å². The Morgan fingerprint density at radius 3 is 1.76 bits per heavy atom. The number of ether oxygens (including phenoxy) is 2. The van der Waals surface area contributed by atoms with Gasteiger partial charge in [0.05, 0.1) is 20.8 Å². The van der Waals surface area contributed by atoms with E-state index in [4.69, 9.17) is 14.5 Å². The van der Waals surface area contributed by atoms with Crippen LogP contribution in [0.1, 0.15) is 44.5 Å². The van der Waals surface area contributed by atoms with Gasteiger partial charge >= 0.3 is 0 Å². The Morgan fingerprint density at radius 1 is 0.684 bits per heavy atom. The van der Waals surface area contributed by atoms with Gasteiger partial charge in [-0.2, -0.15) is 0 Å². The Labute approximate surface area is 228 Å². The molecule has 0 aliphatic carbocycles. The van der Waals surface area contributed by atoms with E-state index in [0.29, 0.717) is 6.54 Å². The van der Waals surface area contributed by atoms with Gasteiger partial charge in [-0.1, -0.05) is 98.3 Å². The van der Waals surface area contributed by atoms with Crippen molar-refractivity contribution in [1.82, 2.24) is 0 Å². The maximum absolute atomic E-state index is 5.59. The zero-order valence-electron chi connectivity index (χ0n) is 24.0. The Hall–Kier alpha value is -3.79. The van der Waals surface area contributed by atoms with Crippen molar-refractivity contribution in [2.75, 3.05) is 14.2 Å². The predicted molar refractivity (Wildman–Crippen MR) is 163 cm³/mol. The molecule has 4 rings (SSSR count). The van der Waals surface area contributed by atoms with Gasteiger partial charge in [0.2, 0.25) is 6.71 Å². The number of aryl methyl sites for hydroxylation is 6. The molecule has 0 unspecified atom stereocenters. The van der Waals surface area contributed by atoms with Crippen molar-refractivity contribution in [3.63, 3.8) is 0 Å².